The van der Waals surface area contributed by atoms with Crippen LogP contribution < -0.4 is 14.4 Å². The van der Waals surface area contributed by atoms with Gasteiger partial charge in [0.2, 0.25) is 0 Å². The van der Waals surface area contributed by atoms with Gasteiger partial charge in [0, 0.05) is 77.7 Å². The van der Waals surface area contributed by atoms with Crippen LogP contribution in [-0.4, -0.2) is 117 Å². The summed E-state index contributed by atoms with van der Waals surface area (Å²) in [5, 5.41) is 11.4. The zero-order chi connectivity index (χ0) is 26.2. The van der Waals surface area contributed by atoms with E-state index in [0.29, 0.717) is 19.8 Å². The Kier molecular flexibility index (Phi) is 9.40. The summed E-state index contributed by atoms with van der Waals surface area (Å²) in [5.74, 6) is 1.61. The van der Waals surface area contributed by atoms with Gasteiger partial charge in [-0.25, -0.2) is 0 Å². The molecule has 0 unspecified atom stereocenters. The van der Waals surface area contributed by atoms with Gasteiger partial charge < -0.3 is 24.2 Å². The molecule has 0 saturated carbocycles. The number of nitrogens with zero attached hydrogens (tertiary/aromatic N) is 4. The molecule has 0 bridgehead atoms. The van der Waals surface area contributed by atoms with Crippen LogP contribution in [0, 0.1) is 0 Å². The minimum Gasteiger partial charge on any atom is -0.490 e. The summed E-state index contributed by atoms with van der Waals surface area (Å²) in [7, 11) is 0. The Hall–Kier alpha value is -2.36. The maximum atomic E-state index is 11.4. The van der Waals surface area contributed by atoms with Gasteiger partial charge in [-0.2, -0.15) is 0 Å². The molecule has 8 heteroatoms. The van der Waals surface area contributed by atoms with Gasteiger partial charge in [0.05, 0.1) is 25.4 Å². The van der Waals surface area contributed by atoms with Crippen molar-refractivity contribution in [3.63, 3.8) is 0 Å². The molecule has 38 heavy (non-hydrogen) atoms. The number of benzene rings is 2. The molecule has 2 aromatic rings. The van der Waals surface area contributed by atoms with Crippen LogP contribution in [0.25, 0.3) is 0 Å². The number of likely N-dealkylation sites (tertiary alicyclic amines) is 1. The third kappa shape index (κ3) is 7.39. The minimum absolute atomic E-state index is 0.601. The normalized spacial score (nSPS) is 23.6. The van der Waals surface area contributed by atoms with E-state index in [2.05, 4.69) is 62.1 Å². The topological polar surface area (TPSA) is 60.9 Å². The average Bonchev–Trinajstić information content (AvgIpc) is 3.31. The first kappa shape index (κ1) is 27.2. The molecule has 1 atom stereocenters. The number of hydrogen-bond acceptors (Lipinski definition) is 8. The molecule has 3 heterocycles. The van der Waals surface area contributed by atoms with E-state index in [9.17, 15) is 5.11 Å². The Morgan fingerprint density at radius 3 is 2.39 bits per heavy atom. The number of aliphatic hydroxyl groups is 1. The molecule has 208 valence electrons. The first-order chi connectivity index (χ1) is 18.6. The van der Waals surface area contributed by atoms with E-state index in [0.717, 1.165) is 96.6 Å². The number of hydrogen-bond donors (Lipinski definition) is 1. The Labute approximate surface area is 227 Å². The number of para-hydroxylation sites is 1. The third-order valence-electron chi connectivity index (χ3n) is 7.91. The molecule has 0 aliphatic carbocycles. The zero-order valence-corrected chi connectivity index (χ0v) is 22.9. The molecule has 5 rings (SSSR count). The summed E-state index contributed by atoms with van der Waals surface area (Å²) < 4.78 is 17.5. The fraction of sp³-hybridized carbons (Fsp3) is 0.600. The van der Waals surface area contributed by atoms with Crippen LogP contribution in [0.4, 0.5) is 5.69 Å². The van der Waals surface area contributed by atoms with Crippen LogP contribution in [0.15, 0.2) is 48.5 Å². The van der Waals surface area contributed by atoms with Gasteiger partial charge >= 0.3 is 0 Å². The number of morpholine rings is 1. The van der Waals surface area contributed by atoms with Gasteiger partial charge in [-0.3, -0.25) is 14.7 Å². The van der Waals surface area contributed by atoms with Crippen molar-refractivity contribution in [1.82, 2.24) is 14.7 Å². The Morgan fingerprint density at radius 1 is 0.842 bits per heavy atom. The summed E-state index contributed by atoms with van der Waals surface area (Å²) in [5.41, 5.74) is 1.83. The Bertz CT molecular complexity index is 995. The van der Waals surface area contributed by atoms with Crippen LogP contribution in [0.2, 0.25) is 0 Å². The molecule has 8 nitrogen and oxygen atoms in total. The number of piperazine rings is 1. The molecule has 2 aromatic carbocycles. The summed E-state index contributed by atoms with van der Waals surface area (Å²) in [6, 6.07) is 16.9. The first-order valence-corrected chi connectivity index (χ1v) is 14.3. The quantitative estimate of drug-likeness (QED) is 0.482. The van der Waals surface area contributed by atoms with E-state index >= 15 is 0 Å². The molecule has 3 aliphatic rings. The highest BCUT2D eigenvalue weighted by atomic mass is 16.5. The standard InChI is InChI=1S/C30H44N4O4/c1-2-37-29-22-26(8-9-28(29)38-21-18-31-16-19-36-20-17-31)23-33-11-10-30(35,25-33)24-32-12-14-34(15-13-32)27-6-4-3-5-7-27/h3-9,22,35H,2,10-21,23-25H2,1H3/t30-/m1/s1. The van der Waals surface area contributed by atoms with Crippen molar-refractivity contribution >= 4 is 5.69 Å². The van der Waals surface area contributed by atoms with Crippen molar-refractivity contribution in [2.24, 2.45) is 0 Å². The van der Waals surface area contributed by atoms with Gasteiger partial charge in [-0.05, 0) is 43.2 Å². The summed E-state index contributed by atoms with van der Waals surface area (Å²) in [6.07, 6.45) is 0.812. The fourth-order valence-electron chi connectivity index (χ4n) is 5.83. The molecule has 0 spiro atoms. The monoisotopic (exact) mass is 524 g/mol. The van der Waals surface area contributed by atoms with E-state index in [4.69, 9.17) is 14.2 Å². The lowest BCUT2D eigenvalue weighted by Gasteiger charge is -2.39. The lowest BCUT2D eigenvalue weighted by Crippen LogP contribution is -2.52. The van der Waals surface area contributed by atoms with Crippen LogP contribution in [-0.2, 0) is 11.3 Å². The maximum Gasteiger partial charge on any atom is 0.161 e. The number of β-amino-alcohol motifs (C(OH)–C–C–N with tert-alkyl or cyclic N) is 1. The lowest BCUT2D eigenvalue weighted by molar-refractivity contribution is 0.00978. The maximum absolute atomic E-state index is 11.4. The van der Waals surface area contributed by atoms with E-state index in [1.54, 1.807) is 0 Å². The van der Waals surface area contributed by atoms with Crippen LogP contribution in [0.1, 0.15) is 18.9 Å². The van der Waals surface area contributed by atoms with E-state index < -0.39 is 5.60 Å². The molecule has 3 aliphatic heterocycles. The van der Waals surface area contributed by atoms with E-state index in [1.807, 2.05) is 13.0 Å². The van der Waals surface area contributed by atoms with Crippen LogP contribution in [0.3, 0.4) is 0 Å². The SMILES string of the molecule is CCOc1cc(CN2CC[C@@](O)(CN3CCN(c4ccccc4)CC3)C2)ccc1OCCN1CCOCC1. The second-order valence-electron chi connectivity index (χ2n) is 10.8. The van der Waals surface area contributed by atoms with Crippen LogP contribution in [0.5, 0.6) is 11.5 Å². The number of ether oxygens (including phenoxy) is 3. The predicted molar refractivity (Wildman–Crippen MR) is 150 cm³/mol. The Morgan fingerprint density at radius 2 is 1.63 bits per heavy atom. The summed E-state index contributed by atoms with van der Waals surface area (Å²) in [6.45, 7) is 14.8. The average molecular weight is 525 g/mol. The summed E-state index contributed by atoms with van der Waals surface area (Å²) in [4.78, 5) is 9.60. The largest absolute Gasteiger partial charge is 0.490 e. The van der Waals surface area contributed by atoms with E-state index in [-0.39, 0.29) is 0 Å². The molecular formula is C30H44N4O4. The number of anilines is 1. The molecule has 0 aromatic heterocycles. The molecule has 3 fully saturated rings. The van der Waals surface area contributed by atoms with Gasteiger partial charge in [0.1, 0.15) is 6.61 Å². The first-order valence-electron chi connectivity index (χ1n) is 14.3. The van der Waals surface area contributed by atoms with Crippen molar-refractivity contribution in [2.45, 2.75) is 25.5 Å². The van der Waals surface area contributed by atoms with Crippen LogP contribution >= 0.6 is 0 Å². The van der Waals surface area contributed by atoms with Gasteiger partial charge in [-0.1, -0.05) is 24.3 Å². The highest BCUT2D eigenvalue weighted by molar-refractivity contribution is 5.46. The third-order valence-corrected chi connectivity index (χ3v) is 7.91. The Balaban J connectivity index is 1.09. The minimum atomic E-state index is -0.653. The van der Waals surface area contributed by atoms with Gasteiger partial charge in [-0.15, -0.1) is 0 Å². The lowest BCUT2D eigenvalue weighted by atomic mass is 10.0. The molecular weight excluding hydrogens is 480 g/mol. The fourth-order valence-corrected chi connectivity index (χ4v) is 5.83. The smallest absolute Gasteiger partial charge is 0.161 e. The second-order valence-corrected chi connectivity index (χ2v) is 10.8. The second kappa shape index (κ2) is 13.1. The van der Waals surface area contributed by atoms with Gasteiger partial charge in [0.25, 0.3) is 0 Å². The number of rotatable bonds is 11. The van der Waals surface area contributed by atoms with E-state index in [1.165, 1.54) is 11.3 Å². The van der Waals surface area contributed by atoms with Gasteiger partial charge in [0.15, 0.2) is 11.5 Å². The zero-order valence-electron chi connectivity index (χ0n) is 22.9. The van der Waals surface area contributed by atoms with Crippen molar-refractivity contribution in [2.75, 3.05) is 96.8 Å². The van der Waals surface area contributed by atoms with Crippen molar-refractivity contribution in [1.29, 1.82) is 0 Å². The van der Waals surface area contributed by atoms with Crippen molar-refractivity contribution in [3.05, 3.63) is 54.1 Å². The molecule has 3 saturated heterocycles. The van der Waals surface area contributed by atoms with Crippen molar-refractivity contribution < 1.29 is 19.3 Å². The van der Waals surface area contributed by atoms with Crippen molar-refractivity contribution in [3.8, 4) is 11.5 Å². The molecule has 1 N–H and O–H groups in total. The highest BCUT2D eigenvalue weighted by Crippen LogP contribution is 2.31. The molecule has 0 radical (unpaired) electrons. The molecule has 0 amide bonds. The predicted octanol–water partition coefficient (Wildman–Crippen LogP) is 2.56. The summed E-state index contributed by atoms with van der Waals surface area (Å²) >= 11 is 0. The highest BCUT2D eigenvalue weighted by Gasteiger charge is 2.38.